The number of rotatable bonds is 4. The molecule has 108 valence electrons. The summed E-state index contributed by atoms with van der Waals surface area (Å²) in [5.74, 6) is -0.390. The van der Waals surface area contributed by atoms with Gasteiger partial charge in [0.25, 0.3) is 0 Å². The highest BCUT2D eigenvalue weighted by Crippen LogP contribution is 2.50. The van der Waals surface area contributed by atoms with Crippen molar-refractivity contribution in [3.63, 3.8) is 0 Å². The average molecular weight is 304 g/mol. The molecule has 0 bridgehead atoms. The maximum atomic E-state index is 11.6. The second-order valence-corrected chi connectivity index (χ2v) is 5.84. The van der Waals surface area contributed by atoms with Crippen molar-refractivity contribution < 1.29 is 9.53 Å². The molecule has 1 aliphatic rings. The molecule has 1 heterocycles. The Morgan fingerprint density at radius 3 is 2.95 bits per heavy atom. The summed E-state index contributed by atoms with van der Waals surface area (Å²) in [5.41, 5.74) is 2.01. The molecule has 0 aliphatic heterocycles. The van der Waals surface area contributed by atoms with Gasteiger partial charge in [0.2, 0.25) is 5.28 Å². The number of carbonyl (C=O) groups excluding carboxylic acids is 1. The molecule has 6 heteroatoms. The lowest BCUT2D eigenvalue weighted by molar-refractivity contribution is 0.0601. The summed E-state index contributed by atoms with van der Waals surface area (Å²) in [5, 5.41) is 9.32. The van der Waals surface area contributed by atoms with Crippen LogP contribution in [0, 0.1) is 16.7 Å². The van der Waals surface area contributed by atoms with E-state index in [9.17, 15) is 4.79 Å². The predicted octanol–water partition coefficient (Wildman–Crippen LogP) is 3.17. The normalized spacial score (nSPS) is 15.7. The van der Waals surface area contributed by atoms with Gasteiger partial charge in [0.15, 0.2) is 0 Å². The summed E-state index contributed by atoms with van der Waals surface area (Å²) in [6, 6.07) is 7.41. The van der Waals surface area contributed by atoms with Gasteiger partial charge in [-0.15, -0.1) is 0 Å². The molecule has 1 aromatic heterocycles. The maximum absolute atomic E-state index is 11.6. The van der Waals surface area contributed by atoms with Crippen molar-refractivity contribution >= 4 is 28.6 Å². The van der Waals surface area contributed by atoms with Crippen LogP contribution in [0.5, 0.6) is 0 Å². The van der Waals surface area contributed by atoms with E-state index < -0.39 is 0 Å². The molecule has 3 rings (SSSR count). The first-order valence-electron chi connectivity index (χ1n) is 6.70. The molecule has 1 fully saturated rings. The first kappa shape index (κ1) is 13.9. The van der Waals surface area contributed by atoms with Crippen molar-refractivity contribution in [3.8, 4) is 6.07 Å². The highest BCUT2D eigenvalue weighted by Gasteiger charge is 2.43. The highest BCUT2D eigenvalue weighted by atomic mass is 35.5. The van der Waals surface area contributed by atoms with Gasteiger partial charge in [0.05, 0.1) is 29.8 Å². The minimum atomic E-state index is -0.390. The monoisotopic (exact) mass is 303 g/mol. The predicted molar refractivity (Wildman–Crippen MR) is 78.0 cm³/mol. The van der Waals surface area contributed by atoms with Crippen molar-refractivity contribution in [2.24, 2.45) is 5.41 Å². The molecule has 0 saturated heterocycles. The van der Waals surface area contributed by atoms with E-state index in [2.05, 4.69) is 11.1 Å². The van der Waals surface area contributed by atoms with E-state index in [1.54, 1.807) is 18.2 Å². The molecule has 1 aliphatic carbocycles. The number of hydrogen-bond donors (Lipinski definition) is 0. The zero-order valence-electron chi connectivity index (χ0n) is 11.6. The molecular formula is C15H14ClN3O2. The number of nitriles is 1. The summed E-state index contributed by atoms with van der Waals surface area (Å²) in [6.45, 7) is 0.653. The quantitative estimate of drug-likeness (QED) is 0.814. The number of hydrogen-bond acceptors (Lipinski definition) is 4. The van der Waals surface area contributed by atoms with Crippen LogP contribution in [-0.2, 0) is 11.3 Å². The van der Waals surface area contributed by atoms with E-state index in [4.69, 9.17) is 21.6 Å². The minimum Gasteiger partial charge on any atom is -0.465 e. The van der Waals surface area contributed by atoms with Crippen molar-refractivity contribution in [1.82, 2.24) is 9.55 Å². The van der Waals surface area contributed by atoms with Crippen LogP contribution in [0.25, 0.3) is 11.0 Å². The Morgan fingerprint density at radius 1 is 1.57 bits per heavy atom. The number of esters is 1. The Hall–Kier alpha value is -2.06. The van der Waals surface area contributed by atoms with E-state index in [1.165, 1.54) is 7.11 Å². The molecule has 0 radical (unpaired) electrons. The second-order valence-electron chi connectivity index (χ2n) is 5.50. The SMILES string of the molecule is COC(=O)c1ccc2nc(Cl)n(CC3(CC#N)CC3)c2c1. The van der Waals surface area contributed by atoms with E-state index in [0.29, 0.717) is 23.8 Å². The average Bonchev–Trinajstić information content (AvgIpc) is 3.17. The molecule has 2 aromatic rings. The van der Waals surface area contributed by atoms with Crippen LogP contribution in [0.1, 0.15) is 29.6 Å². The topological polar surface area (TPSA) is 67.9 Å². The number of aromatic nitrogens is 2. The molecule has 0 amide bonds. The van der Waals surface area contributed by atoms with Gasteiger partial charge in [0, 0.05) is 18.4 Å². The van der Waals surface area contributed by atoms with Crippen LogP contribution >= 0.6 is 11.6 Å². The molecule has 0 unspecified atom stereocenters. The van der Waals surface area contributed by atoms with Crippen molar-refractivity contribution in [2.45, 2.75) is 25.8 Å². The number of ether oxygens (including phenoxy) is 1. The van der Waals surface area contributed by atoms with Crippen LogP contribution in [0.3, 0.4) is 0 Å². The van der Waals surface area contributed by atoms with Gasteiger partial charge in [-0.2, -0.15) is 5.26 Å². The van der Waals surface area contributed by atoms with Crippen molar-refractivity contribution in [1.29, 1.82) is 5.26 Å². The van der Waals surface area contributed by atoms with Crippen LogP contribution in [0.2, 0.25) is 5.28 Å². The van der Waals surface area contributed by atoms with Gasteiger partial charge in [0.1, 0.15) is 0 Å². The molecule has 0 atom stereocenters. The Labute approximate surface area is 127 Å². The summed E-state index contributed by atoms with van der Waals surface area (Å²) >= 11 is 6.22. The molecule has 0 spiro atoms. The lowest BCUT2D eigenvalue weighted by atomic mass is 10.0. The molecule has 1 aromatic carbocycles. The minimum absolute atomic E-state index is 0.00723. The number of carbonyl (C=O) groups is 1. The fraction of sp³-hybridized carbons (Fsp3) is 0.400. The number of nitrogens with zero attached hydrogens (tertiary/aromatic N) is 3. The van der Waals surface area contributed by atoms with Crippen LogP contribution < -0.4 is 0 Å². The first-order valence-corrected chi connectivity index (χ1v) is 7.07. The van der Waals surface area contributed by atoms with E-state index in [0.717, 1.165) is 23.9 Å². The van der Waals surface area contributed by atoms with E-state index >= 15 is 0 Å². The Balaban J connectivity index is 2.03. The van der Waals surface area contributed by atoms with Gasteiger partial charge in [-0.3, -0.25) is 0 Å². The maximum Gasteiger partial charge on any atom is 0.337 e. The molecular weight excluding hydrogens is 290 g/mol. The highest BCUT2D eigenvalue weighted by molar-refractivity contribution is 6.29. The zero-order valence-corrected chi connectivity index (χ0v) is 12.4. The first-order chi connectivity index (χ1) is 10.1. The zero-order chi connectivity index (χ0) is 15.0. The van der Waals surface area contributed by atoms with Crippen LogP contribution in [0.4, 0.5) is 0 Å². The Morgan fingerprint density at radius 2 is 2.33 bits per heavy atom. The van der Waals surface area contributed by atoms with E-state index in [-0.39, 0.29) is 11.4 Å². The fourth-order valence-electron chi connectivity index (χ4n) is 2.56. The third kappa shape index (κ3) is 2.47. The molecule has 21 heavy (non-hydrogen) atoms. The Bertz CT molecular complexity index is 756. The third-order valence-corrected chi connectivity index (χ3v) is 4.32. The lowest BCUT2D eigenvalue weighted by Gasteiger charge is -2.13. The molecule has 1 saturated carbocycles. The van der Waals surface area contributed by atoms with Gasteiger partial charge >= 0.3 is 5.97 Å². The summed E-state index contributed by atoms with van der Waals surface area (Å²) < 4.78 is 6.62. The molecule has 5 nitrogen and oxygen atoms in total. The number of halogens is 1. The number of benzene rings is 1. The third-order valence-electron chi connectivity index (χ3n) is 4.03. The summed E-state index contributed by atoms with van der Waals surface area (Å²) in [4.78, 5) is 16.0. The number of fused-ring (bicyclic) bond motifs is 1. The molecule has 0 N–H and O–H groups in total. The van der Waals surface area contributed by atoms with Crippen molar-refractivity contribution in [3.05, 3.63) is 29.0 Å². The number of methoxy groups -OCH3 is 1. The summed E-state index contributed by atoms with van der Waals surface area (Å²) in [6.07, 6.45) is 2.56. The smallest absolute Gasteiger partial charge is 0.337 e. The number of imidazole rings is 1. The van der Waals surface area contributed by atoms with Crippen LogP contribution in [-0.4, -0.2) is 22.6 Å². The largest absolute Gasteiger partial charge is 0.465 e. The lowest BCUT2D eigenvalue weighted by Crippen LogP contribution is -2.11. The van der Waals surface area contributed by atoms with Gasteiger partial charge in [-0.25, -0.2) is 9.78 Å². The standard InChI is InChI=1S/C15H14ClN3O2/c1-21-13(20)10-2-3-11-12(8-10)19(14(16)18-11)9-15(4-5-15)6-7-17/h2-3,8H,4-6,9H2,1H3. The fourth-order valence-corrected chi connectivity index (χ4v) is 2.80. The summed E-state index contributed by atoms with van der Waals surface area (Å²) in [7, 11) is 1.35. The van der Waals surface area contributed by atoms with Crippen molar-refractivity contribution in [2.75, 3.05) is 7.11 Å². The second kappa shape index (κ2) is 5.05. The van der Waals surface area contributed by atoms with Gasteiger partial charge in [-0.1, -0.05) is 0 Å². The van der Waals surface area contributed by atoms with Crippen LogP contribution in [0.15, 0.2) is 18.2 Å². The Kier molecular flexibility index (Phi) is 3.34. The van der Waals surface area contributed by atoms with E-state index in [1.807, 2.05) is 4.57 Å². The van der Waals surface area contributed by atoms with Gasteiger partial charge in [-0.05, 0) is 42.6 Å². The van der Waals surface area contributed by atoms with Gasteiger partial charge < -0.3 is 9.30 Å².